The van der Waals surface area contributed by atoms with Crippen LogP contribution in [0.25, 0.3) is 10.4 Å². The fourth-order valence-electron chi connectivity index (χ4n) is 0.516. The summed E-state index contributed by atoms with van der Waals surface area (Å²) in [5, 5.41) is 8.89. The lowest BCUT2D eigenvalue weighted by molar-refractivity contribution is 0.756. The molecule has 0 saturated carbocycles. The Morgan fingerprint density at radius 2 is 2.09 bits per heavy atom. The first-order valence-electron chi connectivity index (χ1n) is 3.39. The zero-order valence-electron chi connectivity index (χ0n) is 6.66. The highest BCUT2D eigenvalue weighted by Gasteiger charge is 1.80. The molecule has 0 aromatic rings. The third-order valence-corrected chi connectivity index (χ3v) is 0.980. The van der Waals surface area contributed by atoms with Crippen molar-refractivity contribution in [3.63, 3.8) is 0 Å². The molecule has 0 radical (unpaired) electrons. The van der Waals surface area contributed by atoms with Crippen molar-refractivity contribution < 1.29 is 0 Å². The number of unbranched alkanes of at least 4 members (excludes halogenated alkanes) is 2. The van der Waals surface area contributed by atoms with Crippen LogP contribution in [0, 0.1) is 5.41 Å². The van der Waals surface area contributed by atoms with E-state index in [4.69, 9.17) is 10.9 Å². The van der Waals surface area contributed by atoms with Crippen LogP contribution < -0.4 is 0 Å². The van der Waals surface area contributed by atoms with Crippen molar-refractivity contribution in [2.45, 2.75) is 19.3 Å². The van der Waals surface area contributed by atoms with Gasteiger partial charge in [-0.3, -0.25) is 0 Å². The number of allylic oxidation sites excluding steroid dienone is 1. The van der Waals surface area contributed by atoms with E-state index in [0.717, 1.165) is 19.3 Å². The molecule has 0 atom stereocenters. The minimum Gasteiger partial charge on any atom is -0.317 e. The summed E-state index contributed by atoms with van der Waals surface area (Å²) >= 11 is 0. The predicted octanol–water partition coefficient (Wildman–Crippen LogP) is 2.92. The molecule has 0 aliphatic carbocycles. The van der Waals surface area contributed by atoms with E-state index in [9.17, 15) is 0 Å². The maximum atomic E-state index is 7.86. The molecule has 4 heteroatoms. The van der Waals surface area contributed by atoms with E-state index < -0.39 is 0 Å². The Labute approximate surface area is 67.1 Å². The molecule has 1 N–H and O–H groups in total. The second-order valence-electron chi connectivity index (χ2n) is 1.74. The third-order valence-electron chi connectivity index (χ3n) is 0.980. The summed E-state index contributed by atoms with van der Waals surface area (Å²) in [6.45, 7) is 6.69. The van der Waals surface area contributed by atoms with Gasteiger partial charge in [0.1, 0.15) is 0 Å². The van der Waals surface area contributed by atoms with Gasteiger partial charge in [0.2, 0.25) is 0 Å². The Morgan fingerprint density at radius 3 is 2.55 bits per heavy atom. The smallest absolute Gasteiger partial charge is 0.0258 e. The van der Waals surface area contributed by atoms with E-state index in [0.29, 0.717) is 6.54 Å². The summed E-state index contributed by atoms with van der Waals surface area (Å²) in [4.78, 5) is 2.63. The summed E-state index contributed by atoms with van der Waals surface area (Å²) in [5.41, 5.74) is 7.86. The monoisotopic (exact) mass is 154 g/mol. The van der Waals surface area contributed by atoms with Crippen LogP contribution >= 0.6 is 0 Å². The molecule has 0 amide bonds. The second-order valence-corrected chi connectivity index (χ2v) is 1.74. The molecule has 0 aliphatic heterocycles. The fraction of sp³-hybridized carbons (Fsp3) is 0.571. The van der Waals surface area contributed by atoms with Gasteiger partial charge in [-0.2, -0.15) is 0 Å². The van der Waals surface area contributed by atoms with Crippen molar-refractivity contribution in [1.29, 1.82) is 5.41 Å². The largest absolute Gasteiger partial charge is 0.317 e. The highest BCUT2D eigenvalue weighted by molar-refractivity contribution is 5.15. The van der Waals surface area contributed by atoms with E-state index >= 15 is 0 Å². The van der Waals surface area contributed by atoms with Crippen LogP contribution in [-0.4, -0.2) is 13.3 Å². The Hall–Kier alpha value is -1.28. The number of nitrogens with one attached hydrogen (secondary N) is 1. The van der Waals surface area contributed by atoms with Gasteiger partial charge in [-0.15, -0.1) is 6.58 Å². The fourth-order valence-corrected chi connectivity index (χ4v) is 0.516. The van der Waals surface area contributed by atoms with Crippen molar-refractivity contribution in [2.24, 2.45) is 5.11 Å². The molecule has 11 heavy (non-hydrogen) atoms. The number of hydrogen-bond acceptors (Lipinski definition) is 2. The summed E-state index contributed by atoms with van der Waals surface area (Å²) in [7, 11) is 0. The van der Waals surface area contributed by atoms with Gasteiger partial charge in [0.05, 0.1) is 0 Å². The number of nitrogens with zero attached hydrogens (tertiary/aromatic N) is 3. The van der Waals surface area contributed by atoms with Crippen LogP contribution in [0.15, 0.2) is 17.8 Å². The third kappa shape index (κ3) is 17.7. The quantitative estimate of drug-likeness (QED) is 0.158. The van der Waals surface area contributed by atoms with Crippen molar-refractivity contribution >= 4 is 6.72 Å². The highest BCUT2D eigenvalue weighted by Crippen LogP contribution is 1.94. The first kappa shape index (κ1) is 12.4. The van der Waals surface area contributed by atoms with Crippen LogP contribution in [0.4, 0.5) is 0 Å². The highest BCUT2D eigenvalue weighted by atomic mass is 15.1. The Morgan fingerprint density at radius 1 is 1.45 bits per heavy atom. The van der Waals surface area contributed by atoms with E-state index in [2.05, 4.69) is 23.3 Å². The standard InChI is InChI=1S/C6H11N3.CH3N/c1-2-3-4-5-6-8-9-7;1-2/h2H,1,3-6H2;2H,1H2. The lowest BCUT2D eigenvalue weighted by atomic mass is 10.2. The summed E-state index contributed by atoms with van der Waals surface area (Å²) in [5.74, 6) is 0. The average molecular weight is 154 g/mol. The molecule has 0 bridgehead atoms. The van der Waals surface area contributed by atoms with E-state index in [1.54, 1.807) is 0 Å². The lowest BCUT2D eigenvalue weighted by Gasteiger charge is -1.88. The van der Waals surface area contributed by atoms with Gasteiger partial charge in [-0.05, 0) is 31.5 Å². The molecule has 0 heterocycles. The molecule has 0 aromatic heterocycles. The lowest BCUT2D eigenvalue weighted by Crippen LogP contribution is -1.76. The Bertz CT molecular complexity index is 126. The van der Waals surface area contributed by atoms with Gasteiger partial charge in [-0.1, -0.05) is 11.2 Å². The first-order valence-corrected chi connectivity index (χ1v) is 3.39. The van der Waals surface area contributed by atoms with Crippen molar-refractivity contribution in [2.75, 3.05) is 6.54 Å². The second kappa shape index (κ2) is 15.9. The van der Waals surface area contributed by atoms with Crippen LogP contribution in [0.1, 0.15) is 19.3 Å². The number of azide groups is 1. The van der Waals surface area contributed by atoms with Crippen molar-refractivity contribution in [1.82, 2.24) is 0 Å². The maximum absolute atomic E-state index is 7.86. The molecule has 62 valence electrons. The van der Waals surface area contributed by atoms with Gasteiger partial charge in [0.15, 0.2) is 0 Å². The van der Waals surface area contributed by atoms with Gasteiger partial charge >= 0.3 is 0 Å². The van der Waals surface area contributed by atoms with Gasteiger partial charge in [-0.25, -0.2) is 0 Å². The van der Waals surface area contributed by atoms with E-state index in [1.165, 1.54) is 0 Å². The van der Waals surface area contributed by atoms with Crippen molar-refractivity contribution in [3.8, 4) is 0 Å². The maximum Gasteiger partial charge on any atom is 0.0258 e. The number of rotatable bonds is 5. The Kier molecular flexibility index (Phi) is 17.9. The summed E-state index contributed by atoms with van der Waals surface area (Å²) in [6, 6.07) is 0. The molecule has 4 nitrogen and oxygen atoms in total. The summed E-state index contributed by atoms with van der Waals surface area (Å²) < 4.78 is 0. The molecule has 0 spiro atoms. The predicted molar refractivity (Wildman–Crippen MR) is 47.9 cm³/mol. The normalized spacial score (nSPS) is 6.91. The summed E-state index contributed by atoms with van der Waals surface area (Å²) in [6.07, 6.45) is 4.93. The zero-order valence-corrected chi connectivity index (χ0v) is 6.66. The minimum absolute atomic E-state index is 0.615. The van der Waals surface area contributed by atoms with Crippen LogP contribution in [0.3, 0.4) is 0 Å². The Balaban J connectivity index is 0. The number of hydrogen-bond donors (Lipinski definition) is 1. The topological polar surface area (TPSA) is 72.6 Å². The molecular formula is C7H14N4. The van der Waals surface area contributed by atoms with Gasteiger partial charge in [0.25, 0.3) is 0 Å². The van der Waals surface area contributed by atoms with Crippen LogP contribution in [0.2, 0.25) is 0 Å². The average Bonchev–Trinajstić information content (AvgIpc) is 2.08. The van der Waals surface area contributed by atoms with Crippen LogP contribution in [0.5, 0.6) is 0 Å². The molecule has 0 rings (SSSR count). The first-order chi connectivity index (χ1) is 5.41. The zero-order chi connectivity index (χ0) is 8.95. The molecule has 0 unspecified atom stereocenters. The molecule has 0 aliphatic rings. The van der Waals surface area contributed by atoms with E-state index in [1.807, 2.05) is 6.08 Å². The van der Waals surface area contributed by atoms with Crippen molar-refractivity contribution in [3.05, 3.63) is 23.1 Å². The van der Waals surface area contributed by atoms with Gasteiger partial charge in [0, 0.05) is 11.5 Å². The molecular weight excluding hydrogens is 140 g/mol. The molecule has 0 saturated heterocycles. The SMILES string of the molecule is C=CCCCCN=[N+]=[N-].C=N. The van der Waals surface area contributed by atoms with E-state index in [-0.39, 0.29) is 0 Å². The molecule has 0 aromatic carbocycles. The molecule has 0 fully saturated rings. The minimum atomic E-state index is 0.615. The van der Waals surface area contributed by atoms with Crippen LogP contribution in [-0.2, 0) is 0 Å². The van der Waals surface area contributed by atoms with Gasteiger partial charge < -0.3 is 5.41 Å².